The van der Waals surface area contributed by atoms with Gasteiger partial charge in [-0.2, -0.15) is 0 Å². The highest BCUT2D eigenvalue weighted by atomic mass is 79.9. The van der Waals surface area contributed by atoms with Gasteiger partial charge < -0.3 is 0 Å². The number of allylic oxidation sites excluding steroid dienone is 6. The van der Waals surface area contributed by atoms with E-state index in [2.05, 4.69) is 99.8 Å². The second-order valence-electron chi connectivity index (χ2n) is 8.05. The predicted molar refractivity (Wildman–Crippen MR) is 130 cm³/mol. The van der Waals surface area contributed by atoms with Crippen molar-refractivity contribution in [3.8, 4) is 0 Å². The first-order chi connectivity index (χ1) is 14.8. The molecule has 1 unspecified atom stereocenters. The minimum absolute atomic E-state index is 0.397. The number of hydrogen-bond donors (Lipinski definition) is 0. The highest BCUT2D eigenvalue weighted by Gasteiger charge is 2.28. The first-order valence-electron chi connectivity index (χ1n) is 10.4. The molecule has 0 fully saturated rings. The Kier molecular flexibility index (Phi) is 4.21. The van der Waals surface area contributed by atoms with Crippen LogP contribution in [0.3, 0.4) is 0 Å². The third kappa shape index (κ3) is 2.71. The number of rotatable bonds is 1. The van der Waals surface area contributed by atoms with E-state index < -0.39 is 0 Å². The number of nitrogens with zero attached hydrogens (tertiary/aromatic N) is 1. The second-order valence-corrected chi connectivity index (χ2v) is 8.90. The summed E-state index contributed by atoms with van der Waals surface area (Å²) >= 11 is 3.79. The monoisotopic (exact) mass is 449 g/mol. The summed E-state index contributed by atoms with van der Waals surface area (Å²) in [5, 5.41) is 5.06. The lowest BCUT2D eigenvalue weighted by Crippen LogP contribution is -2.29. The first-order valence-corrected chi connectivity index (χ1v) is 11.2. The minimum atomic E-state index is 0.397. The van der Waals surface area contributed by atoms with Gasteiger partial charge in [-0.25, -0.2) is 0 Å². The van der Waals surface area contributed by atoms with E-state index in [0.29, 0.717) is 5.92 Å². The standard InChI is InChI=1S/C28H20BrN/c29-26-11-4-3-8-24(26)22-9-5-10-25-23(22)15-14-20-17-30-16-19-13-12-18-6-1-2-7-21(18)27(19)28(20)25/h1-8,10-14,16-17,22H,9,15H2. The lowest BCUT2D eigenvalue weighted by molar-refractivity contribution is 0.762. The molecule has 30 heavy (non-hydrogen) atoms. The summed E-state index contributed by atoms with van der Waals surface area (Å²) in [6.45, 7) is 0. The van der Waals surface area contributed by atoms with E-state index >= 15 is 0 Å². The fraction of sp³-hybridized carbons (Fsp3) is 0.107. The number of benzene rings is 3. The summed E-state index contributed by atoms with van der Waals surface area (Å²) in [4.78, 5) is 4.64. The van der Waals surface area contributed by atoms with E-state index in [-0.39, 0.29) is 0 Å². The quantitative estimate of drug-likeness (QED) is 0.435. The largest absolute Gasteiger partial charge is 0.263 e. The van der Waals surface area contributed by atoms with Crippen LogP contribution in [0.1, 0.15) is 24.3 Å². The van der Waals surface area contributed by atoms with Crippen molar-refractivity contribution in [2.75, 3.05) is 0 Å². The summed E-state index contributed by atoms with van der Waals surface area (Å²) in [5.41, 5.74) is 6.82. The maximum absolute atomic E-state index is 4.64. The van der Waals surface area contributed by atoms with Gasteiger partial charge in [-0.05, 0) is 57.2 Å². The molecule has 1 aliphatic heterocycles. The van der Waals surface area contributed by atoms with Gasteiger partial charge >= 0.3 is 0 Å². The second kappa shape index (κ2) is 7.07. The van der Waals surface area contributed by atoms with Crippen molar-refractivity contribution >= 4 is 44.7 Å². The Bertz CT molecular complexity index is 1450. The molecule has 1 atom stereocenters. The van der Waals surface area contributed by atoms with Gasteiger partial charge in [0, 0.05) is 28.0 Å². The van der Waals surface area contributed by atoms with Crippen molar-refractivity contribution in [2.24, 2.45) is 4.99 Å². The molecule has 0 aromatic heterocycles. The molecule has 1 nitrogen and oxygen atoms in total. The highest BCUT2D eigenvalue weighted by molar-refractivity contribution is 9.10. The molecule has 2 heteroatoms. The molecule has 2 aliphatic carbocycles. The minimum Gasteiger partial charge on any atom is -0.263 e. The van der Waals surface area contributed by atoms with Crippen molar-refractivity contribution in [3.63, 3.8) is 0 Å². The van der Waals surface area contributed by atoms with Crippen molar-refractivity contribution in [2.45, 2.75) is 18.8 Å². The Morgan fingerprint density at radius 1 is 0.933 bits per heavy atom. The normalized spacial score (nSPS) is 19.6. The zero-order valence-electron chi connectivity index (χ0n) is 16.5. The van der Waals surface area contributed by atoms with Crippen LogP contribution in [-0.4, -0.2) is 6.21 Å². The Balaban J connectivity index is 1.71. The van der Waals surface area contributed by atoms with E-state index in [1.54, 1.807) is 0 Å². The van der Waals surface area contributed by atoms with Gasteiger partial charge in [-0.15, -0.1) is 0 Å². The molecule has 6 rings (SSSR count). The number of fused-ring (bicyclic) bond motifs is 5. The van der Waals surface area contributed by atoms with Crippen LogP contribution in [0.4, 0.5) is 0 Å². The fourth-order valence-corrected chi connectivity index (χ4v) is 5.64. The fourth-order valence-electron chi connectivity index (χ4n) is 5.07. The van der Waals surface area contributed by atoms with Crippen LogP contribution >= 0.6 is 15.9 Å². The molecule has 144 valence electrons. The average Bonchev–Trinajstić information content (AvgIpc) is 2.99. The highest BCUT2D eigenvalue weighted by Crippen LogP contribution is 2.44. The van der Waals surface area contributed by atoms with Gasteiger partial charge in [0.15, 0.2) is 0 Å². The summed E-state index contributed by atoms with van der Waals surface area (Å²) in [6, 6.07) is 21.7. The molecule has 0 radical (unpaired) electrons. The third-order valence-corrected chi connectivity index (χ3v) is 7.16. The van der Waals surface area contributed by atoms with E-state index in [9.17, 15) is 0 Å². The van der Waals surface area contributed by atoms with Crippen LogP contribution in [0.15, 0.2) is 105 Å². The third-order valence-electron chi connectivity index (χ3n) is 6.44. The molecule has 3 aliphatic rings. The first kappa shape index (κ1) is 17.9. The van der Waals surface area contributed by atoms with E-state index in [1.807, 2.05) is 12.4 Å². The van der Waals surface area contributed by atoms with Gasteiger partial charge in [-0.3, -0.25) is 4.99 Å². The van der Waals surface area contributed by atoms with E-state index in [1.165, 1.54) is 53.5 Å². The molecular formula is C28H20BrN. The zero-order chi connectivity index (χ0) is 20.1. The van der Waals surface area contributed by atoms with Crippen molar-refractivity contribution in [3.05, 3.63) is 116 Å². The molecule has 0 saturated heterocycles. The summed E-state index contributed by atoms with van der Waals surface area (Å²) in [5.74, 6) is 0.397. The molecule has 0 saturated carbocycles. The van der Waals surface area contributed by atoms with E-state index in [4.69, 9.17) is 0 Å². The molecule has 0 bridgehead atoms. The maximum atomic E-state index is 4.64. The maximum Gasteiger partial charge on any atom is 0.0347 e. The molecule has 0 amide bonds. The Morgan fingerprint density at radius 3 is 2.73 bits per heavy atom. The smallest absolute Gasteiger partial charge is 0.0347 e. The zero-order valence-corrected chi connectivity index (χ0v) is 18.1. The van der Waals surface area contributed by atoms with Gasteiger partial charge in [0.25, 0.3) is 0 Å². The predicted octanol–water partition coefficient (Wildman–Crippen LogP) is 5.95. The van der Waals surface area contributed by atoms with Crippen LogP contribution in [0, 0.1) is 0 Å². The van der Waals surface area contributed by atoms with Crippen LogP contribution in [0.25, 0.3) is 22.5 Å². The SMILES string of the molecule is Brc1ccccc1C1CC=CC2=C1CC=C1C=NC=c3ccc4ccccc4c3=C12. The number of halogens is 1. The van der Waals surface area contributed by atoms with Gasteiger partial charge in [0.05, 0.1) is 0 Å². The Hall–Kier alpha value is -2.97. The molecule has 3 aromatic carbocycles. The van der Waals surface area contributed by atoms with Crippen LogP contribution in [-0.2, 0) is 0 Å². The summed E-state index contributed by atoms with van der Waals surface area (Å²) in [7, 11) is 0. The van der Waals surface area contributed by atoms with Crippen molar-refractivity contribution < 1.29 is 0 Å². The van der Waals surface area contributed by atoms with Gasteiger partial charge in [0.1, 0.15) is 0 Å². The van der Waals surface area contributed by atoms with Gasteiger partial charge in [-0.1, -0.05) is 94.3 Å². The van der Waals surface area contributed by atoms with Crippen LogP contribution < -0.4 is 10.4 Å². The molecule has 1 heterocycles. The number of aliphatic imine (C=N–C) groups is 1. The van der Waals surface area contributed by atoms with Crippen LogP contribution in [0.5, 0.6) is 0 Å². The van der Waals surface area contributed by atoms with E-state index in [0.717, 1.165) is 12.8 Å². The molecule has 0 N–H and O–H groups in total. The molecule has 0 spiro atoms. The Labute approximate surface area is 184 Å². The lowest BCUT2D eigenvalue weighted by atomic mass is 9.74. The summed E-state index contributed by atoms with van der Waals surface area (Å²) < 4.78 is 1.19. The van der Waals surface area contributed by atoms with Gasteiger partial charge in [0.2, 0.25) is 0 Å². The Morgan fingerprint density at radius 2 is 1.80 bits per heavy atom. The molecule has 3 aromatic rings. The lowest BCUT2D eigenvalue weighted by Gasteiger charge is -2.30. The topological polar surface area (TPSA) is 12.4 Å². The summed E-state index contributed by atoms with van der Waals surface area (Å²) in [6.07, 6.45) is 13.1. The average molecular weight is 450 g/mol. The number of hydrogen-bond acceptors (Lipinski definition) is 1. The molecular weight excluding hydrogens is 430 g/mol. The van der Waals surface area contributed by atoms with Crippen molar-refractivity contribution in [1.82, 2.24) is 0 Å². The van der Waals surface area contributed by atoms with Crippen molar-refractivity contribution in [1.29, 1.82) is 0 Å². The van der Waals surface area contributed by atoms with Crippen LogP contribution in [0.2, 0.25) is 0 Å².